The third-order valence-corrected chi connectivity index (χ3v) is 12.0. The van der Waals surface area contributed by atoms with Crippen molar-refractivity contribution in [3.8, 4) is 0 Å². The van der Waals surface area contributed by atoms with Crippen molar-refractivity contribution < 1.29 is 0 Å². The fourth-order valence-corrected chi connectivity index (χ4v) is 10.8. The molecule has 0 bridgehead atoms. The minimum Gasteiger partial charge on any atom is -0.274 e. The standard InChI is InChI=1S/C34H32N2S2/c1-5-15-26(16-6-1)25-36-30(27-17-7-2-8-18-27)34(38-32(36)29-21-11-4-12-22-29)33(23-13-14-24-33)35-31(37-34)28-19-9-3-10-20-28/h1-12,15-22,30,32H,13-14,23-25H2/t30-,32-,34+/m1/s1. The van der Waals surface area contributed by atoms with Crippen LogP contribution in [0.4, 0.5) is 0 Å². The van der Waals surface area contributed by atoms with Crippen LogP contribution in [0.25, 0.3) is 0 Å². The van der Waals surface area contributed by atoms with Gasteiger partial charge in [0.05, 0.1) is 22.0 Å². The first kappa shape index (κ1) is 24.3. The fraction of sp³-hybridized carbons (Fsp3) is 0.265. The minimum absolute atomic E-state index is 0.0769. The van der Waals surface area contributed by atoms with Crippen LogP contribution in [-0.2, 0) is 6.54 Å². The molecule has 4 aromatic carbocycles. The van der Waals surface area contributed by atoms with Crippen LogP contribution in [0.5, 0.6) is 0 Å². The van der Waals surface area contributed by atoms with E-state index >= 15 is 0 Å². The summed E-state index contributed by atoms with van der Waals surface area (Å²) in [7, 11) is 0. The van der Waals surface area contributed by atoms with E-state index in [0.717, 1.165) is 19.4 Å². The van der Waals surface area contributed by atoms with Gasteiger partial charge in [0, 0.05) is 12.1 Å². The molecule has 1 saturated heterocycles. The molecule has 190 valence electrons. The quantitative estimate of drug-likeness (QED) is 0.255. The molecular weight excluding hydrogens is 501 g/mol. The van der Waals surface area contributed by atoms with Crippen molar-refractivity contribution in [3.05, 3.63) is 144 Å². The van der Waals surface area contributed by atoms with Gasteiger partial charge in [0.25, 0.3) is 0 Å². The van der Waals surface area contributed by atoms with Gasteiger partial charge in [-0.1, -0.05) is 146 Å². The van der Waals surface area contributed by atoms with E-state index in [1.165, 1.54) is 40.1 Å². The van der Waals surface area contributed by atoms with Crippen LogP contribution < -0.4 is 0 Å². The summed E-state index contributed by atoms with van der Waals surface area (Å²) in [4.78, 5) is 8.48. The first-order valence-electron chi connectivity index (χ1n) is 13.7. The molecule has 3 aliphatic rings. The Morgan fingerprint density at radius 2 is 1.24 bits per heavy atom. The normalized spacial score (nSPS) is 26.3. The second-order valence-corrected chi connectivity index (χ2v) is 13.5. The van der Waals surface area contributed by atoms with Crippen molar-refractivity contribution >= 4 is 28.6 Å². The average Bonchev–Trinajstić information content (AvgIpc) is 3.68. The number of thioether (sulfide) groups is 2. The fourth-order valence-electron chi connectivity index (χ4n) is 6.65. The molecule has 4 aromatic rings. The molecule has 0 unspecified atom stereocenters. The van der Waals surface area contributed by atoms with E-state index < -0.39 is 0 Å². The van der Waals surface area contributed by atoms with Crippen LogP contribution >= 0.6 is 23.5 Å². The van der Waals surface area contributed by atoms with E-state index in [-0.39, 0.29) is 21.0 Å². The monoisotopic (exact) mass is 532 g/mol. The van der Waals surface area contributed by atoms with Crippen LogP contribution in [0.2, 0.25) is 0 Å². The lowest BCUT2D eigenvalue weighted by Crippen LogP contribution is -2.48. The van der Waals surface area contributed by atoms with Gasteiger partial charge in [-0.3, -0.25) is 9.89 Å². The van der Waals surface area contributed by atoms with E-state index in [1.54, 1.807) is 0 Å². The number of nitrogens with zero attached hydrogens (tertiary/aromatic N) is 2. The molecule has 3 atom stereocenters. The first-order valence-corrected chi connectivity index (χ1v) is 15.4. The summed E-state index contributed by atoms with van der Waals surface area (Å²) >= 11 is 4.23. The number of hydrogen-bond acceptors (Lipinski definition) is 4. The van der Waals surface area contributed by atoms with Gasteiger partial charge in [0.15, 0.2) is 0 Å². The molecule has 1 saturated carbocycles. The Morgan fingerprint density at radius 1 is 0.684 bits per heavy atom. The van der Waals surface area contributed by atoms with E-state index in [1.807, 2.05) is 0 Å². The Kier molecular flexibility index (Phi) is 6.43. The molecule has 2 aliphatic heterocycles. The zero-order chi connectivity index (χ0) is 25.4. The van der Waals surface area contributed by atoms with E-state index in [9.17, 15) is 0 Å². The van der Waals surface area contributed by atoms with Crippen LogP contribution in [0.1, 0.15) is 59.4 Å². The summed E-state index contributed by atoms with van der Waals surface area (Å²) in [6, 6.07) is 44.5. The molecule has 0 radical (unpaired) electrons. The van der Waals surface area contributed by atoms with Crippen LogP contribution in [-0.4, -0.2) is 19.6 Å². The summed E-state index contributed by atoms with van der Waals surface area (Å²) < 4.78 is -0.106. The lowest BCUT2D eigenvalue weighted by atomic mass is 9.84. The van der Waals surface area contributed by atoms with Crippen LogP contribution in [0, 0.1) is 0 Å². The lowest BCUT2D eigenvalue weighted by Gasteiger charge is -2.43. The Balaban J connectivity index is 1.42. The van der Waals surface area contributed by atoms with Crippen molar-refractivity contribution in [2.45, 2.75) is 53.3 Å². The average molecular weight is 533 g/mol. The molecule has 38 heavy (non-hydrogen) atoms. The Morgan fingerprint density at radius 3 is 1.87 bits per heavy atom. The predicted octanol–water partition coefficient (Wildman–Crippen LogP) is 8.88. The highest BCUT2D eigenvalue weighted by atomic mass is 32.2. The van der Waals surface area contributed by atoms with E-state index in [0.29, 0.717) is 0 Å². The third kappa shape index (κ3) is 4.05. The molecule has 0 amide bonds. The summed E-state index contributed by atoms with van der Waals surface area (Å²) in [6.45, 7) is 0.909. The molecule has 0 aromatic heterocycles. The number of rotatable bonds is 5. The predicted molar refractivity (Wildman–Crippen MR) is 162 cm³/mol. The van der Waals surface area contributed by atoms with Gasteiger partial charge in [-0.15, -0.1) is 11.8 Å². The van der Waals surface area contributed by atoms with Crippen molar-refractivity contribution in [3.63, 3.8) is 0 Å². The molecule has 0 N–H and O–H groups in total. The number of hydrogen-bond donors (Lipinski definition) is 0. The van der Waals surface area contributed by atoms with Gasteiger partial charge in [0.2, 0.25) is 0 Å². The van der Waals surface area contributed by atoms with Gasteiger partial charge in [0.1, 0.15) is 4.08 Å². The Bertz CT molecular complexity index is 1400. The van der Waals surface area contributed by atoms with Gasteiger partial charge >= 0.3 is 0 Å². The molecule has 2 nitrogen and oxygen atoms in total. The highest BCUT2D eigenvalue weighted by Gasteiger charge is 2.68. The van der Waals surface area contributed by atoms with E-state index in [2.05, 4.69) is 150 Å². The highest BCUT2D eigenvalue weighted by Crippen LogP contribution is 2.73. The lowest BCUT2D eigenvalue weighted by molar-refractivity contribution is 0.160. The van der Waals surface area contributed by atoms with Gasteiger partial charge < -0.3 is 0 Å². The summed E-state index contributed by atoms with van der Waals surface area (Å²) in [5, 5.41) is 1.46. The largest absolute Gasteiger partial charge is 0.274 e. The SMILES string of the molecule is c1ccc(CN2[C@@H](c3ccccc3)S[C@@]3(SC(c4ccccc4)=NC34CCCC4)[C@H]2c2ccccc2)cc1. The molecule has 2 fully saturated rings. The maximum atomic E-state index is 5.70. The number of aliphatic imine (C=N–C) groups is 1. The molecule has 2 heterocycles. The van der Waals surface area contributed by atoms with Crippen molar-refractivity contribution in [1.29, 1.82) is 0 Å². The maximum absolute atomic E-state index is 5.70. The molecular formula is C34H32N2S2. The smallest absolute Gasteiger partial charge is 0.114 e. The Hall–Kier alpha value is -2.79. The Labute approximate surface area is 234 Å². The van der Waals surface area contributed by atoms with Gasteiger partial charge in [-0.25, -0.2) is 0 Å². The molecule has 2 spiro atoms. The van der Waals surface area contributed by atoms with Crippen molar-refractivity contribution in [2.24, 2.45) is 4.99 Å². The third-order valence-electron chi connectivity index (χ3n) is 8.35. The van der Waals surface area contributed by atoms with Crippen LogP contribution in [0.3, 0.4) is 0 Å². The van der Waals surface area contributed by atoms with E-state index in [4.69, 9.17) is 4.99 Å². The summed E-state index contributed by atoms with van der Waals surface area (Å²) in [5.74, 6) is 0. The number of fused-ring (bicyclic) bond motifs is 1. The topological polar surface area (TPSA) is 15.6 Å². The van der Waals surface area contributed by atoms with Gasteiger partial charge in [-0.05, 0) is 29.5 Å². The highest BCUT2D eigenvalue weighted by molar-refractivity contribution is 8.27. The number of benzene rings is 4. The second-order valence-electron chi connectivity index (χ2n) is 10.6. The zero-order valence-electron chi connectivity index (χ0n) is 21.4. The summed E-state index contributed by atoms with van der Waals surface area (Å²) in [5.41, 5.74) is 5.32. The maximum Gasteiger partial charge on any atom is 0.114 e. The first-order chi connectivity index (χ1) is 18.8. The molecule has 7 rings (SSSR count). The minimum atomic E-state index is -0.106. The van der Waals surface area contributed by atoms with Crippen LogP contribution in [0.15, 0.2) is 126 Å². The van der Waals surface area contributed by atoms with Gasteiger partial charge in [-0.2, -0.15) is 0 Å². The van der Waals surface area contributed by atoms with Crippen molar-refractivity contribution in [2.75, 3.05) is 0 Å². The molecule has 1 aliphatic carbocycles. The molecule has 4 heteroatoms. The van der Waals surface area contributed by atoms with Crippen molar-refractivity contribution in [1.82, 2.24) is 4.90 Å². The second kappa shape index (κ2) is 10.1. The zero-order valence-corrected chi connectivity index (χ0v) is 23.1. The summed E-state index contributed by atoms with van der Waals surface area (Å²) in [6.07, 6.45) is 4.83.